The van der Waals surface area contributed by atoms with Crippen molar-refractivity contribution in [3.05, 3.63) is 0 Å². The van der Waals surface area contributed by atoms with Gasteiger partial charge >= 0.3 is 0 Å². The molecule has 2 aliphatic rings. The summed E-state index contributed by atoms with van der Waals surface area (Å²) in [6.07, 6.45) is 7.04. The van der Waals surface area contributed by atoms with Gasteiger partial charge in [-0.15, -0.1) is 0 Å². The highest BCUT2D eigenvalue weighted by atomic mass is 16.1. The van der Waals surface area contributed by atoms with Crippen molar-refractivity contribution >= 4 is 5.91 Å². The van der Waals surface area contributed by atoms with Crippen LogP contribution in [0.2, 0.25) is 0 Å². The molecule has 3 N–H and O–H groups in total. The second-order valence-corrected chi connectivity index (χ2v) is 6.88. The van der Waals surface area contributed by atoms with Crippen molar-refractivity contribution in [2.45, 2.75) is 64.5 Å². The highest BCUT2D eigenvalue weighted by Gasteiger charge is 2.31. The van der Waals surface area contributed by atoms with E-state index >= 15 is 0 Å². The zero-order chi connectivity index (χ0) is 14.5. The van der Waals surface area contributed by atoms with Crippen LogP contribution in [0, 0.1) is 11.8 Å². The first kappa shape index (κ1) is 15.8. The Kier molecular flexibility index (Phi) is 5.85. The van der Waals surface area contributed by atoms with Crippen molar-refractivity contribution in [2.75, 3.05) is 19.6 Å². The first-order valence-electron chi connectivity index (χ1n) is 8.35. The largest absolute Gasteiger partial charge is 0.354 e. The summed E-state index contributed by atoms with van der Waals surface area (Å²) >= 11 is 0. The molecular weight excluding hydrogens is 250 g/mol. The van der Waals surface area contributed by atoms with Crippen LogP contribution in [0.5, 0.6) is 0 Å². The fraction of sp³-hybridized carbons (Fsp3) is 0.938. The average Bonchev–Trinajstić information content (AvgIpc) is 2.47. The minimum Gasteiger partial charge on any atom is -0.354 e. The summed E-state index contributed by atoms with van der Waals surface area (Å²) in [5, 5.41) is 3.14. The minimum absolute atomic E-state index is 0.0207. The third kappa shape index (κ3) is 4.19. The number of nitrogens with zero attached hydrogens (tertiary/aromatic N) is 1. The van der Waals surface area contributed by atoms with Gasteiger partial charge in [-0.05, 0) is 58.0 Å². The lowest BCUT2D eigenvalue weighted by molar-refractivity contribution is -0.127. The number of carbonyl (C=O) groups is 1. The lowest BCUT2D eigenvalue weighted by Gasteiger charge is -2.34. The van der Waals surface area contributed by atoms with E-state index in [9.17, 15) is 4.79 Å². The summed E-state index contributed by atoms with van der Waals surface area (Å²) in [7, 11) is 0. The number of nitrogens with two attached hydrogens (primary N) is 1. The Morgan fingerprint density at radius 3 is 2.70 bits per heavy atom. The molecule has 2 fully saturated rings. The van der Waals surface area contributed by atoms with Gasteiger partial charge in [0.2, 0.25) is 5.91 Å². The molecule has 4 nitrogen and oxygen atoms in total. The molecule has 4 atom stereocenters. The van der Waals surface area contributed by atoms with Crippen LogP contribution < -0.4 is 11.1 Å². The Morgan fingerprint density at radius 2 is 2.00 bits per heavy atom. The van der Waals surface area contributed by atoms with Crippen molar-refractivity contribution in [2.24, 2.45) is 17.6 Å². The third-order valence-electron chi connectivity index (χ3n) is 5.09. The quantitative estimate of drug-likeness (QED) is 0.825. The summed E-state index contributed by atoms with van der Waals surface area (Å²) in [4.78, 5) is 14.8. The number of hydrogen-bond acceptors (Lipinski definition) is 3. The van der Waals surface area contributed by atoms with E-state index in [1.807, 2.05) is 0 Å². The Hall–Kier alpha value is -0.610. The van der Waals surface area contributed by atoms with Crippen LogP contribution in [0.25, 0.3) is 0 Å². The van der Waals surface area contributed by atoms with E-state index in [-0.39, 0.29) is 17.9 Å². The van der Waals surface area contributed by atoms with Gasteiger partial charge in [-0.1, -0.05) is 13.3 Å². The maximum atomic E-state index is 12.3. The molecule has 0 spiro atoms. The molecule has 1 aliphatic heterocycles. The van der Waals surface area contributed by atoms with E-state index < -0.39 is 0 Å². The predicted octanol–water partition coefficient (Wildman–Crippen LogP) is 1.74. The topological polar surface area (TPSA) is 58.4 Å². The molecule has 0 aromatic heterocycles. The van der Waals surface area contributed by atoms with Gasteiger partial charge in [0.1, 0.15) is 0 Å². The maximum absolute atomic E-state index is 12.3. The normalized spacial score (nSPS) is 33.6. The molecule has 4 heteroatoms. The molecule has 1 saturated carbocycles. The summed E-state index contributed by atoms with van der Waals surface area (Å²) in [6.45, 7) is 7.56. The third-order valence-corrected chi connectivity index (χ3v) is 5.09. The lowest BCUT2D eigenvalue weighted by Crippen LogP contribution is -2.49. The molecule has 1 heterocycles. The second-order valence-electron chi connectivity index (χ2n) is 6.88. The molecule has 0 aromatic carbocycles. The number of nitrogens with one attached hydrogen (secondary N) is 1. The lowest BCUT2D eigenvalue weighted by atomic mass is 9.79. The SMILES string of the molecule is CC1CCC(N)C(C(=O)NCC(C)N2CCCCC2)C1. The summed E-state index contributed by atoms with van der Waals surface area (Å²) in [5.41, 5.74) is 6.12. The molecule has 1 saturated heterocycles. The van der Waals surface area contributed by atoms with Crippen molar-refractivity contribution in [1.29, 1.82) is 0 Å². The Balaban J connectivity index is 1.76. The fourth-order valence-electron chi connectivity index (χ4n) is 3.57. The van der Waals surface area contributed by atoms with Crippen LogP contribution in [-0.4, -0.2) is 42.5 Å². The molecular formula is C16H31N3O. The van der Waals surface area contributed by atoms with Crippen LogP contribution in [0.4, 0.5) is 0 Å². The van der Waals surface area contributed by atoms with Crippen molar-refractivity contribution in [3.63, 3.8) is 0 Å². The number of hydrogen-bond donors (Lipinski definition) is 2. The van der Waals surface area contributed by atoms with Crippen LogP contribution in [0.15, 0.2) is 0 Å². The molecule has 20 heavy (non-hydrogen) atoms. The predicted molar refractivity (Wildman–Crippen MR) is 82.4 cm³/mol. The first-order valence-corrected chi connectivity index (χ1v) is 8.35. The summed E-state index contributed by atoms with van der Waals surface area (Å²) in [6, 6.07) is 0.494. The first-order chi connectivity index (χ1) is 9.58. The van der Waals surface area contributed by atoms with Gasteiger partial charge in [-0.2, -0.15) is 0 Å². The number of carbonyl (C=O) groups excluding carboxylic acids is 1. The van der Waals surface area contributed by atoms with Crippen LogP contribution in [0.1, 0.15) is 52.4 Å². The Bertz CT molecular complexity index is 315. The molecule has 0 radical (unpaired) electrons. The second kappa shape index (κ2) is 7.41. The molecule has 0 aromatic rings. The molecule has 0 bridgehead atoms. The van der Waals surface area contributed by atoms with Crippen LogP contribution >= 0.6 is 0 Å². The zero-order valence-corrected chi connectivity index (χ0v) is 13.1. The van der Waals surface area contributed by atoms with Crippen molar-refractivity contribution < 1.29 is 4.79 Å². The number of rotatable bonds is 4. The molecule has 2 rings (SSSR count). The van der Waals surface area contributed by atoms with E-state index in [2.05, 4.69) is 24.1 Å². The highest BCUT2D eigenvalue weighted by Crippen LogP contribution is 2.28. The maximum Gasteiger partial charge on any atom is 0.224 e. The monoisotopic (exact) mass is 281 g/mol. The highest BCUT2D eigenvalue weighted by molar-refractivity contribution is 5.79. The van der Waals surface area contributed by atoms with Crippen LogP contribution in [-0.2, 0) is 4.79 Å². The molecule has 1 amide bonds. The smallest absolute Gasteiger partial charge is 0.224 e. The van der Waals surface area contributed by atoms with Crippen molar-refractivity contribution in [3.8, 4) is 0 Å². The van der Waals surface area contributed by atoms with Gasteiger partial charge in [-0.25, -0.2) is 0 Å². The molecule has 116 valence electrons. The number of likely N-dealkylation sites (tertiary alicyclic amines) is 1. The number of amides is 1. The van der Waals surface area contributed by atoms with Gasteiger partial charge < -0.3 is 11.1 Å². The summed E-state index contributed by atoms with van der Waals surface area (Å²) in [5.74, 6) is 0.824. The number of piperidine rings is 1. The van der Waals surface area contributed by atoms with Crippen LogP contribution in [0.3, 0.4) is 0 Å². The van der Waals surface area contributed by atoms with E-state index in [0.717, 1.165) is 25.8 Å². The van der Waals surface area contributed by atoms with E-state index in [1.54, 1.807) is 0 Å². The molecule has 1 aliphatic carbocycles. The average molecular weight is 281 g/mol. The van der Waals surface area contributed by atoms with Gasteiger partial charge in [0.15, 0.2) is 0 Å². The minimum atomic E-state index is 0.0207. The van der Waals surface area contributed by atoms with Gasteiger partial charge in [0.05, 0.1) is 5.92 Å². The van der Waals surface area contributed by atoms with Crippen molar-refractivity contribution in [1.82, 2.24) is 10.2 Å². The summed E-state index contributed by atoms with van der Waals surface area (Å²) < 4.78 is 0. The van der Waals surface area contributed by atoms with E-state index in [1.165, 1.54) is 32.4 Å². The van der Waals surface area contributed by atoms with Gasteiger partial charge in [0, 0.05) is 18.6 Å². The van der Waals surface area contributed by atoms with Gasteiger partial charge in [0.25, 0.3) is 0 Å². The Morgan fingerprint density at radius 1 is 1.30 bits per heavy atom. The fourth-order valence-corrected chi connectivity index (χ4v) is 3.57. The molecule has 4 unspecified atom stereocenters. The van der Waals surface area contributed by atoms with E-state index in [0.29, 0.717) is 12.0 Å². The zero-order valence-electron chi connectivity index (χ0n) is 13.1. The van der Waals surface area contributed by atoms with E-state index in [4.69, 9.17) is 5.73 Å². The Labute approximate surface area is 123 Å². The van der Waals surface area contributed by atoms with Gasteiger partial charge in [-0.3, -0.25) is 9.69 Å². The standard InChI is InChI=1S/C16H31N3O/c1-12-6-7-15(17)14(10-12)16(20)18-11-13(2)19-8-4-3-5-9-19/h12-15H,3-11,17H2,1-2H3,(H,18,20).